The van der Waals surface area contributed by atoms with Crippen LogP contribution in [0.2, 0.25) is 0 Å². The van der Waals surface area contributed by atoms with Gasteiger partial charge in [0.2, 0.25) is 0 Å². The topological polar surface area (TPSA) is 62.5 Å². The van der Waals surface area contributed by atoms with Crippen molar-refractivity contribution in [1.82, 2.24) is 15.0 Å². The van der Waals surface area contributed by atoms with E-state index in [2.05, 4.69) is 188 Å². The number of allylic oxidation sites excluding steroid dienone is 6. The summed E-state index contributed by atoms with van der Waals surface area (Å²) in [5.74, 6) is 1.93. The monoisotopic (exact) mass is 864 g/mol. The molecule has 1 atom stereocenters. The summed E-state index contributed by atoms with van der Waals surface area (Å²) in [5, 5.41) is 12.2. The van der Waals surface area contributed by atoms with Gasteiger partial charge in [0.15, 0.2) is 17.5 Å². The number of rotatable bonds is 6. The summed E-state index contributed by atoms with van der Waals surface area (Å²) in [4.78, 5) is 15.0. The number of hydrogen-bond acceptors (Lipinski definition) is 4. The largest absolute Gasteiger partial charge is 0.208 e. The van der Waals surface area contributed by atoms with Crippen LogP contribution in [0, 0.1) is 11.3 Å². The first-order valence-electron chi connectivity index (χ1n) is 23.1. The Bertz CT molecular complexity index is 3830. The van der Waals surface area contributed by atoms with Crippen LogP contribution in [0.4, 0.5) is 0 Å². The van der Waals surface area contributed by atoms with Crippen LogP contribution >= 0.6 is 0 Å². The highest BCUT2D eigenvalue weighted by Crippen LogP contribution is 2.62. The number of fused-ring (bicyclic) bond motifs is 9. The average Bonchev–Trinajstić information content (AvgIpc) is 3.52. The van der Waals surface area contributed by atoms with Crippen LogP contribution < -0.4 is 0 Å². The lowest BCUT2D eigenvalue weighted by molar-refractivity contribution is 0.774. The lowest BCUT2D eigenvalue weighted by Gasteiger charge is -2.40. The maximum Gasteiger partial charge on any atom is 0.164 e. The van der Waals surface area contributed by atoms with Gasteiger partial charge in [-0.05, 0) is 125 Å². The molecular weight excluding hydrogens is 825 g/mol. The maximum absolute atomic E-state index is 9.68. The van der Waals surface area contributed by atoms with Gasteiger partial charge in [-0.3, -0.25) is 0 Å². The van der Waals surface area contributed by atoms with Gasteiger partial charge in [0, 0.05) is 16.7 Å². The lowest BCUT2D eigenvalue weighted by atomic mass is 9.61. The molecule has 10 aromatic rings. The predicted molar refractivity (Wildman–Crippen MR) is 276 cm³/mol. The fourth-order valence-corrected chi connectivity index (χ4v) is 10.9. The van der Waals surface area contributed by atoms with E-state index in [1.807, 2.05) is 48.5 Å². The molecule has 1 unspecified atom stereocenters. The second kappa shape index (κ2) is 15.8. The highest BCUT2D eigenvalue weighted by atomic mass is 15.0. The minimum atomic E-state index is -0.606. The molecule has 0 amide bonds. The fraction of sp³-hybridized carbons (Fsp3) is 0.0312. The van der Waals surface area contributed by atoms with Crippen LogP contribution in [0.15, 0.2) is 231 Å². The Morgan fingerprint density at radius 2 is 0.926 bits per heavy atom. The highest BCUT2D eigenvalue weighted by molar-refractivity contribution is 6.07. The highest BCUT2D eigenvalue weighted by Gasteiger charge is 2.50. The van der Waals surface area contributed by atoms with Crippen molar-refractivity contribution in [3.8, 4) is 84.5 Å². The van der Waals surface area contributed by atoms with Crippen molar-refractivity contribution in [2.45, 2.75) is 11.8 Å². The molecule has 1 spiro atoms. The molecule has 0 aliphatic heterocycles. The van der Waals surface area contributed by atoms with E-state index in [0.717, 1.165) is 56.5 Å². The molecule has 0 radical (unpaired) electrons. The summed E-state index contributed by atoms with van der Waals surface area (Å²) < 4.78 is 0. The van der Waals surface area contributed by atoms with Gasteiger partial charge in [-0.1, -0.05) is 200 Å². The van der Waals surface area contributed by atoms with Gasteiger partial charge in [0.1, 0.15) is 0 Å². The summed E-state index contributed by atoms with van der Waals surface area (Å²) >= 11 is 0. The van der Waals surface area contributed by atoms with Crippen LogP contribution in [-0.4, -0.2) is 15.0 Å². The van der Waals surface area contributed by atoms with Crippen molar-refractivity contribution in [3.63, 3.8) is 0 Å². The second-order valence-corrected chi connectivity index (χ2v) is 17.7. The minimum absolute atomic E-state index is 0.606. The number of benzene rings is 9. The number of aromatic nitrogens is 3. The Morgan fingerprint density at radius 3 is 1.68 bits per heavy atom. The second-order valence-electron chi connectivity index (χ2n) is 17.7. The Balaban J connectivity index is 0.976. The average molecular weight is 865 g/mol. The fourth-order valence-electron chi connectivity index (χ4n) is 10.9. The molecule has 13 rings (SSSR count). The molecule has 1 heterocycles. The van der Waals surface area contributed by atoms with Gasteiger partial charge in [-0.15, -0.1) is 0 Å². The molecule has 316 valence electrons. The molecule has 9 aromatic carbocycles. The van der Waals surface area contributed by atoms with E-state index in [-0.39, 0.29) is 0 Å². The molecule has 0 N–H and O–H groups in total. The molecule has 0 fully saturated rings. The third-order valence-electron chi connectivity index (χ3n) is 14.0. The molecule has 0 saturated heterocycles. The van der Waals surface area contributed by atoms with Gasteiger partial charge in [0.25, 0.3) is 0 Å². The van der Waals surface area contributed by atoms with Gasteiger partial charge in [-0.25, -0.2) is 15.0 Å². The van der Waals surface area contributed by atoms with E-state index in [4.69, 9.17) is 15.0 Å². The van der Waals surface area contributed by atoms with Crippen LogP contribution in [-0.2, 0) is 5.41 Å². The van der Waals surface area contributed by atoms with E-state index in [1.54, 1.807) is 0 Å². The summed E-state index contributed by atoms with van der Waals surface area (Å²) in [6.07, 6.45) is 11.4. The normalized spacial score (nSPS) is 15.0. The first kappa shape index (κ1) is 39.3. The Morgan fingerprint density at radius 1 is 0.397 bits per heavy atom. The maximum atomic E-state index is 9.68. The molecule has 1 aromatic heterocycles. The van der Waals surface area contributed by atoms with Crippen LogP contribution in [0.1, 0.15) is 40.1 Å². The van der Waals surface area contributed by atoms with E-state index >= 15 is 0 Å². The molecule has 4 heteroatoms. The Kier molecular flexibility index (Phi) is 9.16. The quantitative estimate of drug-likeness (QED) is 0.167. The first-order chi connectivity index (χ1) is 33.6. The van der Waals surface area contributed by atoms with Crippen molar-refractivity contribution in [2.75, 3.05) is 0 Å². The molecule has 4 nitrogen and oxygen atoms in total. The standard InChI is InChI=1S/C64H40N4/c65-40-41-14-10-21-47(36-41)48-22-11-23-49(37-48)51-33-35-54-53-34-32-50(38-58(53)64(59(54)39-51)56-26-9-8-24-52(56)55-25-12-19-43-20-13-27-57(64)60(43)55)42-28-30-46(31-29-42)63-67-61(44-15-4-1-2-5-16-44)66-62(68-63)45-17-6-3-7-18-45/h1,3-39H,2H2. The summed E-state index contributed by atoms with van der Waals surface area (Å²) in [7, 11) is 0. The van der Waals surface area contributed by atoms with Crippen molar-refractivity contribution in [3.05, 3.63) is 264 Å². The van der Waals surface area contributed by atoms with Gasteiger partial charge < -0.3 is 0 Å². The smallest absolute Gasteiger partial charge is 0.164 e. The van der Waals surface area contributed by atoms with Crippen molar-refractivity contribution in [1.29, 1.82) is 5.26 Å². The third kappa shape index (κ3) is 6.25. The molecular formula is C64H40N4. The van der Waals surface area contributed by atoms with Crippen molar-refractivity contribution in [2.24, 2.45) is 0 Å². The first-order valence-corrected chi connectivity index (χ1v) is 23.1. The number of nitriles is 1. The summed E-state index contributed by atoms with van der Waals surface area (Å²) in [5.41, 5.74) is 19.6. The van der Waals surface area contributed by atoms with Crippen molar-refractivity contribution >= 4 is 16.3 Å². The number of hydrogen-bond donors (Lipinski definition) is 0. The molecule has 0 saturated carbocycles. The van der Waals surface area contributed by atoms with E-state index in [9.17, 15) is 5.26 Å². The van der Waals surface area contributed by atoms with Crippen LogP contribution in [0.3, 0.4) is 0 Å². The molecule has 68 heavy (non-hydrogen) atoms. The zero-order valence-corrected chi connectivity index (χ0v) is 36.9. The van der Waals surface area contributed by atoms with Gasteiger partial charge in [0.05, 0.1) is 17.0 Å². The van der Waals surface area contributed by atoms with Gasteiger partial charge >= 0.3 is 0 Å². The Labute approximate surface area is 395 Å². The van der Waals surface area contributed by atoms with Crippen molar-refractivity contribution < 1.29 is 0 Å². The molecule has 3 aliphatic carbocycles. The molecule has 3 aliphatic rings. The number of nitrogens with zero attached hydrogens (tertiary/aromatic N) is 4. The third-order valence-corrected chi connectivity index (χ3v) is 14.0. The SMILES string of the molecule is N#Cc1cccc(-c2cccc(-c3ccc4c(c3)C3(c5cc(-c6ccc(-c7nc(C8=CC=CCC=C8)nc(-c8ccccc8)n7)cc6)ccc5-4)c4ccccc4-c4cccc5cccc3c45)c2)c1. The van der Waals surface area contributed by atoms with E-state index in [1.165, 1.54) is 55.3 Å². The molecule has 0 bridgehead atoms. The zero-order chi connectivity index (χ0) is 45.2. The lowest BCUT2D eigenvalue weighted by Crippen LogP contribution is -2.31. The van der Waals surface area contributed by atoms with Gasteiger partial charge in [-0.2, -0.15) is 5.26 Å². The van der Waals surface area contributed by atoms with E-state index in [0.29, 0.717) is 23.0 Å². The minimum Gasteiger partial charge on any atom is -0.208 e. The van der Waals surface area contributed by atoms with Crippen LogP contribution in [0.25, 0.3) is 94.8 Å². The summed E-state index contributed by atoms with van der Waals surface area (Å²) in [6.45, 7) is 0. The zero-order valence-electron chi connectivity index (χ0n) is 36.9. The Hall–Kier alpha value is -9.04. The van der Waals surface area contributed by atoms with Crippen LogP contribution in [0.5, 0.6) is 0 Å². The predicted octanol–water partition coefficient (Wildman–Crippen LogP) is 15.5. The van der Waals surface area contributed by atoms with E-state index < -0.39 is 5.41 Å². The summed E-state index contributed by atoms with van der Waals surface area (Å²) in [6, 6.07) is 74.4.